The summed E-state index contributed by atoms with van der Waals surface area (Å²) < 4.78 is 21.9. The fraction of sp³-hybridized carbons (Fsp3) is 0.130. The highest BCUT2D eigenvalue weighted by Gasteiger charge is 2.19. The van der Waals surface area contributed by atoms with E-state index in [1.54, 1.807) is 49.5 Å². The van der Waals surface area contributed by atoms with Crippen LogP contribution in [0.1, 0.15) is 26.3 Å². The second-order valence-electron chi connectivity index (χ2n) is 7.00. The lowest BCUT2D eigenvalue weighted by Gasteiger charge is -2.14. The molecule has 0 spiro atoms. The van der Waals surface area contributed by atoms with Crippen LogP contribution in [-0.4, -0.2) is 32.7 Å². The second-order valence-corrected chi connectivity index (χ2v) is 7.00. The van der Waals surface area contributed by atoms with Gasteiger partial charge in [-0.1, -0.05) is 30.3 Å². The van der Waals surface area contributed by atoms with Gasteiger partial charge in [-0.15, -0.1) is 5.10 Å². The molecule has 9 heteroatoms. The molecule has 2 aromatic carbocycles. The Labute approximate surface area is 181 Å². The number of amides is 1. The Kier molecular flexibility index (Phi) is 5.80. The number of esters is 1. The molecule has 4 aromatic rings. The number of halogens is 1. The van der Waals surface area contributed by atoms with Gasteiger partial charge in [0, 0.05) is 6.20 Å². The van der Waals surface area contributed by atoms with Crippen molar-refractivity contribution in [2.24, 2.45) is 0 Å². The summed E-state index contributed by atoms with van der Waals surface area (Å²) in [5, 5.41) is 6.78. The van der Waals surface area contributed by atoms with E-state index >= 15 is 0 Å². The van der Waals surface area contributed by atoms with Crippen LogP contribution in [0.4, 0.5) is 10.1 Å². The van der Waals surface area contributed by atoms with Crippen LogP contribution < -0.4 is 11.0 Å². The number of nitrogens with one attached hydrogen (secondary N) is 1. The first-order valence-corrected chi connectivity index (χ1v) is 9.82. The van der Waals surface area contributed by atoms with Crippen molar-refractivity contribution in [3.63, 3.8) is 0 Å². The molecule has 2 aromatic heterocycles. The van der Waals surface area contributed by atoms with Crippen molar-refractivity contribution in [1.29, 1.82) is 0 Å². The minimum absolute atomic E-state index is 0.0645. The van der Waals surface area contributed by atoms with E-state index < -0.39 is 17.7 Å². The highest BCUT2D eigenvalue weighted by Crippen LogP contribution is 2.23. The molecule has 0 saturated carbocycles. The van der Waals surface area contributed by atoms with Gasteiger partial charge in [-0.05, 0) is 42.8 Å². The number of rotatable bonds is 6. The first-order chi connectivity index (χ1) is 15.5. The van der Waals surface area contributed by atoms with Crippen LogP contribution in [0, 0.1) is 12.7 Å². The lowest BCUT2D eigenvalue weighted by molar-refractivity contribution is 0.0487. The third-order valence-electron chi connectivity index (χ3n) is 4.87. The van der Waals surface area contributed by atoms with Gasteiger partial charge in [0.1, 0.15) is 12.4 Å². The van der Waals surface area contributed by atoms with Gasteiger partial charge in [-0.25, -0.2) is 18.7 Å². The summed E-state index contributed by atoms with van der Waals surface area (Å²) in [6.07, 6.45) is 1.60. The Bertz CT molecular complexity index is 1380. The Morgan fingerprint density at radius 2 is 1.78 bits per heavy atom. The number of carbonyl (C=O) groups is 2. The van der Waals surface area contributed by atoms with Crippen LogP contribution in [0.15, 0.2) is 71.7 Å². The molecular formula is C23H19FN4O4. The molecule has 0 bridgehead atoms. The van der Waals surface area contributed by atoms with Crippen LogP contribution in [0.3, 0.4) is 0 Å². The molecule has 0 aliphatic carbocycles. The Balaban J connectivity index is 1.48. The SMILES string of the molecule is Cc1cccc(C(=O)OCCn2nc3ccccn3c2=O)c1NC(=O)c1ccccc1F. The molecule has 32 heavy (non-hydrogen) atoms. The van der Waals surface area contributed by atoms with Crippen molar-refractivity contribution in [2.45, 2.75) is 13.5 Å². The number of aromatic nitrogens is 3. The van der Waals surface area contributed by atoms with E-state index in [0.717, 1.165) is 0 Å². The molecule has 1 amide bonds. The minimum atomic E-state index is -0.686. The van der Waals surface area contributed by atoms with E-state index in [0.29, 0.717) is 11.2 Å². The van der Waals surface area contributed by atoms with E-state index in [9.17, 15) is 18.8 Å². The number of ether oxygens (including phenoxy) is 1. The van der Waals surface area contributed by atoms with Gasteiger partial charge >= 0.3 is 11.7 Å². The normalized spacial score (nSPS) is 10.8. The predicted molar refractivity (Wildman–Crippen MR) is 115 cm³/mol. The fourth-order valence-corrected chi connectivity index (χ4v) is 3.25. The summed E-state index contributed by atoms with van der Waals surface area (Å²) in [6, 6.07) is 15.6. The van der Waals surface area contributed by atoms with Gasteiger partial charge in [-0.3, -0.25) is 9.20 Å². The topological polar surface area (TPSA) is 94.7 Å². The molecule has 0 fully saturated rings. The molecule has 2 heterocycles. The summed E-state index contributed by atoms with van der Waals surface area (Å²) in [6.45, 7) is 1.68. The van der Waals surface area contributed by atoms with Crippen molar-refractivity contribution in [3.8, 4) is 0 Å². The molecule has 0 atom stereocenters. The van der Waals surface area contributed by atoms with Gasteiger partial charge in [0.15, 0.2) is 5.65 Å². The zero-order valence-electron chi connectivity index (χ0n) is 17.1. The lowest BCUT2D eigenvalue weighted by Crippen LogP contribution is -2.24. The van der Waals surface area contributed by atoms with Crippen LogP contribution in [0.25, 0.3) is 5.65 Å². The number of hydrogen-bond donors (Lipinski definition) is 1. The van der Waals surface area contributed by atoms with Crippen molar-refractivity contribution < 1.29 is 18.7 Å². The number of anilines is 1. The molecule has 0 aliphatic rings. The lowest BCUT2D eigenvalue weighted by atomic mass is 10.1. The molecule has 0 unspecified atom stereocenters. The number of nitrogens with zero attached hydrogens (tertiary/aromatic N) is 3. The molecular weight excluding hydrogens is 415 g/mol. The summed E-state index contributed by atoms with van der Waals surface area (Å²) >= 11 is 0. The molecule has 8 nitrogen and oxygen atoms in total. The number of hydrogen-bond acceptors (Lipinski definition) is 5. The first kappa shape index (κ1) is 21.0. The number of fused-ring (bicyclic) bond motifs is 1. The monoisotopic (exact) mass is 434 g/mol. The average molecular weight is 434 g/mol. The maximum atomic E-state index is 14.0. The number of aryl methyl sites for hydroxylation is 1. The Morgan fingerprint density at radius 3 is 2.56 bits per heavy atom. The van der Waals surface area contributed by atoms with Gasteiger partial charge < -0.3 is 10.1 Å². The minimum Gasteiger partial charge on any atom is -0.460 e. The fourth-order valence-electron chi connectivity index (χ4n) is 3.25. The van der Waals surface area contributed by atoms with Crippen molar-refractivity contribution in [2.75, 3.05) is 11.9 Å². The van der Waals surface area contributed by atoms with E-state index in [1.165, 1.54) is 33.3 Å². The molecule has 0 saturated heterocycles. The number of carbonyl (C=O) groups excluding carboxylic acids is 2. The first-order valence-electron chi connectivity index (χ1n) is 9.82. The van der Waals surface area contributed by atoms with Gasteiger partial charge in [0.2, 0.25) is 0 Å². The zero-order valence-corrected chi connectivity index (χ0v) is 17.1. The van der Waals surface area contributed by atoms with E-state index in [1.807, 2.05) is 0 Å². The smallest absolute Gasteiger partial charge is 0.350 e. The zero-order chi connectivity index (χ0) is 22.7. The highest BCUT2D eigenvalue weighted by molar-refractivity contribution is 6.08. The van der Waals surface area contributed by atoms with Crippen LogP contribution in [0.2, 0.25) is 0 Å². The molecule has 0 aliphatic heterocycles. The summed E-state index contributed by atoms with van der Waals surface area (Å²) in [4.78, 5) is 37.5. The largest absolute Gasteiger partial charge is 0.460 e. The van der Waals surface area contributed by atoms with Crippen LogP contribution in [0.5, 0.6) is 0 Å². The van der Waals surface area contributed by atoms with Crippen molar-refractivity contribution in [1.82, 2.24) is 14.2 Å². The number of pyridine rings is 1. The summed E-state index contributed by atoms with van der Waals surface area (Å²) in [5.41, 5.74) is 0.973. The number of para-hydroxylation sites is 1. The van der Waals surface area contributed by atoms with Crippen LogP contribution >= 0.6 is 0 Å². The molecule has 1 N–H and O–H groups in total. The van der Waals surface area contributed by atoms with E-state index in [-0.39, 0.29) is 35.7 Å². The van der Waals surface area contributed by atoms with Gasteiger partial charge in [0.05, 0.1) is 23.4 Å². The molecule has 4 rings (SSSR count). The number of benzene rings is 2. The van der Waals surface area contributed by atoms with Gasteiger partial charge in [0.25, 0.3) is 5.91 Å². The third kappa shape index (κ3) is 4.13. The van der Waals surface area contributed by atoms with Gasteiger partial charge in [-0.2, -0.15) is 0 Å². The third-order valence-corrected chi connectivity index (χ3v) is 4.87. The van der Waals surface area contributed by atoms with E-state index in [4.69, 9.17) is 4.74 Å². The second kappa shape index (κ2) is 8.84. The standard InChI is InChI=1S/C23H19FN4O4/c1-15-7-6-9-17(20(15)25-21(29)16-8-2-3-10-18(16)24)22(30)32-14-13-28-23(31)27-12-5-4-11-19(27)26-28/h2-12H,13-14H2,1H3,(H,25,29). The van der Waals surface area contributed by atoms with Crippen LogP contribution in [-0.2, 0) is 11.3 Å². The molecule has 162 valence electrons. The molecule has 0 radical (unpaired) electrons. The maximum Gasteiger partial charge on any atom is 0.350 e. The van der Waals surface area contributed by atoms with Crippen molar-refractivity contribution >= 4 is 23.2 Å². The highest BCUT2D eigenvalue weighted by atomic mass is 19.1. The Hall–Kier alpha value is -4.27. The quantitative estimate of drug-likeness (QED) is 0.471. The summed E-state index contributed by atoms with van der Waals surface area (Å²) in [7, 11) is 0. The predicted octanol–water partition coefficient (Wildman–Crippen LogP) is 3.05. The Morgan fingerprint density at radius 1 is 1.03 bits per heavy atom. The maximum absolute atomic E-state index is 14.0. The summed E-state index contributed by atoms with van der Waals surface area (Å²) in [5.74, 6) is -2.03. The average Bonchev–Trinajstić information content (AvgIpc) is 3.11. The van der Waals surface area contributed by atoms with E-state index in [2.05, 4.69) is 10.4 Å². The van der Waals surface area contributed by atoms with Crippen molar-refractivity contribution in [3.05, 3.63) is 99.9 Å².